The largest absolute Gasteiger partial charge is 0.497 e. The number of carbonyl (C=O) groups excluding carboxylic acids is 2. The maximum Gasteiger partial charge on any atom is 0.257 e. The highest BCUT2D eigenvalue weighted by molar-refractivity contribution is 5.96. The van der Waals surface area contributed by atoms with Gasteiger partial charge in [0.2, 0.25) is 5.91 Å². The third kappa shape index (κ3) is 5.59. The van der Waals surface area contributed by atoms with Gasteiger partial charge in [-0.1, -0.05) is 30.3 Å². The van der Waals surface area contributed by atoms with Crippen molar-refractivity contribution in [3.8, 4) is 5.75 Å². The number of methoxy groups -OCH3 is 1. The molecule has 0 saturated carbocycles. The Hall–Kier alpha value is -3.65. The van der Waals surface area contributed by atoms with Crippen molar-refractivity contribution >= 4 is 11.8 Å². The maximum atomic E-state index is 14.1. The predicted molar refractivity (Wildman–Crippen MR) is 118 cm³/mol. The first-order chi connectivity index (χ1) is 16.0. The zero-order valence-electron chi connectivity index (χ0n) is 18.3. The Morgan fingerprint density at radius 3 is 2.61 bits per heavy atom. The van der Waals surface area contributed by atoms with E-state index in [1.54, 1.807) is 36.3 Å². The fourth-order valence-electron chi connectivity index (χ4n) is 3.73. The summed E-state index contributed by atoms with van der Waals surface area (Å²) in [5.41, 5.74) is 1.70. The molecule has 8 heteroatoms. The average Bonchev–Trinajstić information content (AvgIpc) is 3.32. The van der Waals surface area contributed by atoms with E-state index in [2.05, 4.69) is 0 Å². The van der Waals surface area contributed by atoms with Crippen LogP contribution < -0.4 is 4.74 Å². The van der Waals surface area contributed by atoms with Crippen LogP contribution in [0.2, 0.25) is 0 Å². The molecular formula is C25H25FN2O5. The van der Waals surface area contributed by atoms with E-state index in [0.29, 0.717) is 17.7 Å². The van der Waals surface area contributed by atoms with Crippen LogP contribution in [-0.4, -0.2) is 54.5 Å². The standard InChI is InChI=1S/C25H25FN2O5/c1-31-21-8-6-18(7-9-21)12-27-13-22(33-17-19-4-2-3-5-23(19)26)14-28(15-24(27)29)25(30)20-10-11-32-16-20/h2-11,16,22H,12-15,17H2,1H3/t22-/m0/s1. The van der Waals surface area contributed by atoms with Crippen molar-refractivity contribution in [1.82, 2.24) is 9.80 Å². The van der Waals surface area contributed by atoms with Gasteiger partial charge in [0.25, 0.3) is 5.91 Å². The van der Waals surface area contributed by atoms with Gasteiger partial charge in [-0.15, -0.1) is 0 Å². The highest BCUT2D eigenvalue weighted by atomic mass is 19.1. The SMILES string of the molecule is COc1ccc(CN2C[C@H](OCc3ccccc3F)CN(C(=O)c3ccoc3)CC2=O)cc1. The summed E-state index contributed by atoms with van der Waals surface area (Å²) < 4.78 is 30.3. The number of amides is 2. The van der Waals surface area contributed by atoms with Gasteiger partial charge in [0.1, 0.15) is 24.4 Å². The summed E-state index contributed by atoms with van der Waals surface area (Å²) in [6.45, 7) is 0.781. The van der Waals surface area contributed by atoms with E-state index in [4.69, 9.17) is 13.9 Å². The van der Waals surface area contributed by atoms with Crippen molar-refractivity contribution in [2.45, 2.75) is 19.3 Å². The monoisotopic (exact) mass is 452 g/mol. The minimum Gasteiger partial charge on any atom is -0.497 e. The molecule has 2 aromatic carbocycles. The fourth-order valence-corrected chi connectivity index (χ4v) is 3.73. The lowest BCUT2D eigenvalue weighted by molar-refractivity contribution is -0.132. The maximum absolute atomic E-state index is 14.1. The third-order valence-electron chi connectivity index (χ3n) is 5.55. The number of ether oxygens (including phenoxy) is 2. The minimum absolute atomic E-state index is 0.0373. The van der Waals surface area contributed by atoms with Gasteiger partial charge in [-0.2, -0.15) is 0 Å². The van der Waals surface area contributed by atoms with E-state index in [9.17, 15) is 14.0 Å². The number of halogens is 1. The summed E-state index contributed by atoms with van der Waals surface area (Å²) in [7, 11) is 1.59. The number of benzene rings is 2. The number of hydrogen-bond acceptors (Lipinski definition) is 5. The molecule has 0 aliphatic carbocycles. The number of hydrogen-bond donors (Lipinski definition) is 0. The highest BCUT2D eigenvalue weighted by Gasteiger charge is 2.32. The van der Waals surface area contributed by atoms with Crippen molar-refractivity contribution in [2.75, 3.05) is 26.7 Å². The second kappa shape index (κ2) is 10.3. The fraction of sp³-hybridized carbons (Fsp3) is 0.280. The molecular weight excluding hydrogens is 427 g/mol. The third-order valence-corrected chi connectivity index (χ3v) is 5.55. The van der Waals surface area contributed by atoms with Crippen LogP contribution in [0.4, 0.5) is 4.39 Å². The van der Waals surface area contributed by atoms with Gasteiger partial charge in [0.15, 0.2) is 0 Å². The first-order valence-corrected chi connectivity index (χ1v) is 10.6. The predicted octanol–water partition coefficient (Wildman–Crippen LogP) is 3.50. The second-order valence-corrected chi connectivity index (χ2v) is 7.84. The number of carbonyl (C=O) groups is 2. The average molecular weight is 452 g/mol. The Labute approximate surface area is 191 Å². The van der Waals surface area contributed by atoms with Crippen LogP contribution in [0.3, 0.4) is 0 Å². The topological polar surface area (TPSA) is 72.2 Å². The molecule has 33 heavy (non-hydrogen) atoms. The Morgan fingerprint density at radius 1 is 1.12 bits per heavy atom. The molecule has 1 aromatic heterocycles. The van der Waals surface area contributed by atoms with E-state index < -0.39 is 6.10 Å². The number of furan rings is 1. The lowest BCUT2D eigenvalue weighted by Crippen LogP contribution is -2.39. The van der Waals surface area contributed by atoms with Crippen LogP contribution in [0.5, 0.6) is 5.75 Å². The lowest BCUT2D eigenvalue weighted by Gasteiger charge is -2.25. The molecule has 1 fully saturated rings. The molecule has 1 aliphatic rings. The van der Waals surface area contributed by atoms with Crippen molar-refractivity contribution < 1.29 is 27.9 Å². The van der Waals surface area contributed by atoms with Crippen LogP contribution in [-0.2, 0) is 22.7 Å². The van der Waals surface area contributed by atoms with E-state index in [1.807, 2.05) is 24.3 Å². The quantitative estimate of drug-likeness (QED) is 0.549. The van der Waals surface area contributed by atoms with Crippen LogP contribution in [0.15, 0.2) is 71.5 Å². The molecule has 2 amide bonds. The lowest BCUT2D eigenvalue weighted by atomic mass is 10.2. The zero-order chi connectivity index (χ0) is 23.2. The molecule has 0 bridgehead atoms. The minimum atomic E-state index is -0.495. The van der Waals surface area contributed by atoms with Crippen molar-refractivity contribution in [3.05, 3.63) is 89.6 Å². The Morgan fingerprint density at radius 2 is 1.91 bits per heavy atom. The van der Waals surface area contributed by atoms with Gasteiger partial charge in [-0.25, -0.2) is 4.39 Å². The van der Waals surface area contributed by atoms with Crippen molar-refractivity contribution in [2.24, 2.45) is 0 Å². The normalized spacial score (nSPS) is 16.5. The smallest absolute Gasteiger partial charge is 0.257 e. The van der Waals surface area contributed by atoms with Crippen LogP contribution in [0, 0.1) is 5.82 Å². The highest BCUT2D eigenvalue weighted by Crippen LogP contribution is 2.18. The van der Waals surface area contributed by atoms with Crippen LogP contribution in [0.1, 0.15) is 21.5 Å². The molecule has 4 rings (SSSR count). The van der Waals surface area contributed by atoms with E-state index in [0.717, 1.165) is 11.3 Å². The molecule has 172 valence electrons. The summed E-state index contributed by atoms with van der Waals surface area (Å²) in [6, 6.07) is 15.4. The van der Waals surface area contributed by atoms with Crippen molar-refractivity contribution in [1.29, 1.82) is 0 Å². The van der Waals surface area contributed by atoms with E-state index in [1.165, 1.54) is 23.5 Å². The van der Waals surface area contributed by atoms with Gasteiger partial charge < -0.3 is 23.7 Å². The van der Waals surface area contributed by atoms with Gasteiger partial charge in [0.05, 0.1) is 31.6 Å². The van der Waals surface area contributed by atoms with E-state index >= 15 is 0 Å². The van der Waals surface area contributed by atoms with Crippen molar-refractivity contribution in [3.63, 3.8) is 0 Å². The molecule has 0 radical (unpaired) electrons. The summed E-state index contributed by atoms with van der Waals surface area (Å²) in [4.78, 5) is 29.1. The molecule has 0 unspecified atom stereocenters. The Balaban J connectivity index is 1.52. The molecule has 1 aliphatic heterocycles. The molecule has 0 N–H and O–H groups in total. The first-order valence-electron chi connectivity index (χ1n) is 10.6. The van der Waals surface area contributed by atoms with E-state index in [-0.39, 0.29) is 43.9 Å². The summed E-state index contributed by atoms with van der Waals surface area (Å²) >= 11 is 0. The summed E-state index contributed by atoms with van der Waals surface area (Å²) in [6.07, 6.45) is 2.27. The Kier molecular flexibility index (Phi) is 7.04. The summed E-state index contributed by atoms with van der Waals surface area (Å²) in [5, 5.41) is 0. The Bertz CT molecular complexity index is 1080. The number of nitrogens with zero attached hydrogens (tertiary/aromatic N) is 2. The van der Waals surface area contributed by atoms with Gasteiger partial charge in [-0.05, 0) is 29.8 Å². The molecule has 1 atom stereocenters. The molecule has 7 nitrogen and oxygen atoms in total. The van der Waals surface area contributed by atoms with Gasteiger partial charge in [-0.3, -0.25) is 9.59 Å². The van der Waals surface area contributed by atoms with Crippen LogP contribution in [0.25, 0.3) is 0 Å². The first kappa shape index (κ1) is 22.5. The number of rotatable bonds is 7. The molecule has 1 saturated heterocycles. The zero-order valence-corrected chi connectivity index (χ0v) is 18.3. The summed E-state index contributed by atoms with van der Waals surface area (Å²) in [5.74, 6) is -0.143. The molecule has 0 spiro atoms. The van der Waals surface area contributed by atoms with Gasteiger partial charge in [0, 0.05) is 25.2 Å². The molecule has 2 heterocycles. The van der Waals surface area contributed by atoms with Gasteiger partial charge >= 0.3 is 0 Å². The van der Waals surface area contributed by atoms with Crippen LogP contribution >= 0.6 is 0 Å². The molecule has 3 aromatic rings. The second-order valence-electron chi connectivity index (χ2n) is 7.84.